The highest BCUT2D eigenvalue weighted by Crippen LogP contribution is 2.54. The number of likely N-dealkylation sites (tertiary alicyclic amines) is 1. The number of ketones is 1. The molecule has 0 radical (unpaired) electrons. The number of aliphatic carboxylic acids is 1. The second-order valence-electron chi connectivity index (χ2n) is 12.0. The van der Waals surface area contributed by atoms with Crippen molar-refractivity contribution in [2.24, 2.45) is 0 Å². The Morgan fingerprint density at radius 2 is 1.62 bits per heavy atom. The molecule has 1 unspecified atom stereocenters. The first kappa shape index (κ1) is 29.2. The number of fused-ring (bicyclic) bond motifs is 3. The quantitative estimate of drug-likeness (QED) is 0.205. The molecule has 1 aliphatic heterocycles. The van der Waals surface area contributed by atoms with Crippen LogP contribution in [0.3, 0.4) is 0 Å². The van der Waals surface area contributed by atoms with Gasteiger partial charge < -0.3 is 9.84 Å². The molecule has 2 aromatic carbocycles. The van der Waals surface area contributed by atoms with Crippen molar-refractivity contribution in [3.8, 4) is 11.1 Å². The summed E-state index contributed by atoms with van der Waals surface area (Å²) in [7, 11) is 0. The molecule has 1 N–H and O–H groups in total. The van der Waals surface area contributed by atoms with Crippen molar-refractivity contribution in [1.82, 2.24) is 4.90 Å². The van der Waals surface area contributed by atoms with Crippen LogP contribution in [0.5, 0.6) is 0 Å². The number of hydrogen-bond donors (Lipinski definition) is 1. The number of carboxylic acids is 1. The van der Waals surface area contributed by atoms with E-state index >= 15 is 0 Å². The van der Waals surface area contributed by atoms with Gasteiger partial charge in [0.05, 0.1) is 4.92 Å². The van der Waals surface area contributed by atoms with E-state index in [2.05, 4.69) is 13.8 Å². The fourth-order valence-electron chi connectivity index (χ4n) is 6.60. The zero-order valence-corrected chi connectivity index (χ0v) is 23.9. The van der Waals surface area contributed by atoms with Crippen LogP contribution in [0.1, 0.15) is 101 Å². The van der Waals surface area contributed by atoms with Gasteiger partial charge >= 0.3 is 12.1 Å². The Labute approximate surface area is 234 Å². The molecule has 2 aliphatic rings. The van der Waals surface area contributed by atoms with E-state index in [1.165, 1.54) is 11.0 Å². The number of nitro benzene ring substituents is 1. The summed E-state index contributed by atoms with van der Waals surface area (Å²) >= 11 is 0. The molecule has 1 heterocycles. The number of amides is 1. The maximum absolute atomic E-state index is 13.8. The van der Waals surface area contributed by atoms with Crippen molar-refractivity contribution < 1.29 is 29.2 Å². The molecule has 1 amide bonds. The lowest BCUT2D eigenvalue weighted by Gasteiger charge is -2.35. The van der Waals surface area contributed by atoms with Crippen LogP contribution in [0, 0.1) is 10.1 Å². The third-order valence-corrected chi connectivity index (χ3v) is 8.18. The standard InChI is InChI=1S/C31H38N2O7/c1-6-13-30(14-7-2)24-17-20(9-11-22(24)23-12-10-21(33(38)39)18-25(23)30)26(34)19-31(27(35)36)15-8-16-32(31)28(37)40-29(3,4)5/h9-12,17-18H,6-8,13-16,19H2,1-5H3,(H,35,36). The normalized spacial score (nSPS) is 19.2. The van der Waals surface area contributed by atoms with Gasteiger partial charge in [-0.3, -0.25) is 19.8 Å². The van der Waals surface area contributed by atoms with Gasteiger partial charge in [0.1, 0.15) is 5.60 Å². The van der Waals surface area contributed by atoms with Crippen LogP contribution in [0.2, 0.25) is 0 Å². The van der Waals surface area contributed by atoms with E-state index in [0.29, 0.717) is 12.0 Å². The van der Waals surface area contributed by atoms with Gasteiger partial charge in [-0.15, -0.1) is 0 Å². The second-order valence-corrected chi connectivity index (χ2v) is 12.0. The maximum Gasteiger partial charge on any atom is 0.411 e. The zero-order chi connectivity index (χ0) is 29.5. The summed E-state index contributed by atoms with van der Waals surface area (Å²) in [5, 5.41) is 21.9. The third-order valence-electron chi connectivity index (χ3n) is 8.18. The van der Waals surface area contributed by atoms with Crippen molar-refractivity contribution in [1.29, 1.82) is 0 Å². The lowest BCUT2D eigenvalue weighted by atomic mass is 9.71. The van der Waals surface area contributed by atoms with Gasteiger partial charge in [0.25, 0.3) is 5.69 Å². The van der Waals surface area contributed by atoms with Crippen molar-refractivity contribution in [2.75, 3.05) is 6.54 Å². The minimum atomic E-state index is -1.69. The van der Waals surface area contributed by atoms with E-state index in [1.807, 2.05) is 12.1 Å². The molecule has 0 spiro atoms. The van der Waals surface area contributed by atoms with Crippen molar-refractivity contribution in [3.05, 3.63) is 63.2 Å². The number of hydrogen-bond acceptors (Lipinski definition) is 6. The van der Waals surface area contributed by atoms with E-state index in [1.54, 1.807) is 39.0 Å². The number of nitrogens with zero attached hydrogens (tertiary/aromatic N) is 2. The lowest BCUT2D eigenvalue weighted by molar-refractivity contribution is -0.384. The van der Waals surface area contributed by atoms with Crippen molar-refractivity contribution >= 4 is 23.5 Å². The van der Waals surface area contributed by atoms with Gasteiger partial charge in [-0.2, -0.15) is 0 Å². The largest absolute Gasteiger partial charge is 0.479 e. The number of non-ortho nitro benzene ring substituents is 1. The Kier molecular flexibility index (Phi) is 7.80. The van der Waals surface area contributed by atoms with Crippen molar-refractivity contribution in [2.45, 2.75) is 96.1 Å². The number of rotatable bonds is 9. The summed E-state index contributed by atoms with van der Waals surface area (Å²) < 4.78 is 5.48. The molecule has 2 aromatic rings. The fraction of sp³-hybridized carbons (Fsp3) is 0.516. The Balaban J connectivity index is 1.76. The maximum atomic E-state index is 13.8. The highest BCUT2D eigenvalue weighted by Gasteiger charge is 2.53. The van der Waals surface area contributed by atoms with Crippen LogP contribution in [0.25, 0.3) is 11.1 Å². The summed E-state index contributed by atoms with van der Waals surface area (Å²) in [6.07, 6.45) is 2.69. The number of nitro groups is 1. The van der Waals surface area contributed by atoms with E-state index in [4.69, 9.17) is 4.74 Å². The molecule has 214 valence electrons. The third kappa shape index (κ3) is 4.97. The minimum Gasteiger partial charge on any atom is -0.479 e. The molecular formula is C31H38N2O7. The Hall–Kier alpha value is -3.75. The Bertz CT molecular complexity index is 1350. The average Bonchev–Trinajstić information content (AvgIpc) is 3.42. The molecule has 0 bridgehead atoms. The highest BCUT2D eigenvalue weighted by atomic mass is 16.6. The Morgan fingerprint density at radius 3 is 2.17 bits per heavy atom. The van der Waals surface area contributed by atoms with Gasteiger partial charge in [-0.25, -0.2) is 9.59 Å². The van der Waals surface area contributed by atoms with E-state index in [9.17, 15) is 29.6 Å². The van der Waals surface area contributed by atoms with E-state index in [-0.39, 0.29) is 35.8 Å². The first-order chi connectivity index (χ1) is 18.8. The SMILES string of the molecule is CCCC1(CCC)c2cc(C(=O)CC3(C(=O)O)CCCN3C(=O)OC(C)(C)C)ccc2-c2ccc([N+](=O)[O-])cc21. The van der Waals surface area contributed by atoms with Gasteiger partial charge in [-0.1, -0.05) is 38.8 Å². The van der Waals surface area contributed by atoms with Crippen LogP contribution in [0.4, 0.5) is 10.5 Å². The average molecular weight is 551 g/mol. The lowest BCUT2D eigenvalue weighted by Crippen LogP contribution is -2.55. The molecule has 1 fully saturated rings. The topological polar surface area (TPSA) is 127 Å². The number of carbonyl (C=O) groups is 3. The fourth-order valence-corrected chi connectivity index (χ4v) is 6.60. The van der Waals surface area contributed by atoms with Gasteiger partial charge in [0.2, 0.25) is 0 Å². The number of Topliss-reactive ketones (excluding diaryl/α,β-unsaturated/α-hetero) is 1. The van der Waals surface area contributed by atoms with Crippen LogP contribution in [-0.4, -0.2) is 50.5 Å². The second kappa shape index (κ2) is 10.7. The number of carbonyl (C=O) groups excluding carboxylic acids is 2. The molecular weight excluding hydrogens is 512 g/mol. The molecule has 9 nitrogen and oxygen atoms in total. The molecule has 0 aromatic heterocycles. The Morgan fingerprint density at radius 1 is 1.02 bits per heavy atom. The first-order valence-electron chi connectivity index (χ1n) is 14.0. The summed E-state index contributed by atoms with van der Waals surface area (Å²) in [6.45, 7) is 9.48. The van der Waals surface area contributed by atoms with Crippen LogP contribution < -0.4 is 0 Å². The van der Waals surface area contributed by atoms with Crippen molar-refractivity contribution in [3.63, 3.8) is 0 Å². The predicted molar refractivity (Wildman–Crippen MR) is 151 cm³/mol. The molecule has 1 saturated heterocycles. The first-order valence-corrected chi connectivity index (χ1v) is 14.0. The smallest absolute Gasteiger partial charge is 0.411 e. The number of benzene rings is 2. The highest BCUT2D eigenvalue weighted by molar-refractivity contribution is 6.02. The molecule has 40 heavy (non-hydrogen) atoms. The van der Waals surface area contributed by atoms with E-state index < -0.39 is 28.6 Å². The molecule has 1 atom stereocenters. The molecule has 9 heteroatoms. The molecule has 4 rings (SSSR count). The minimum absolute atomic E-state index is 0.0336. The van der Waals surface area contributed by atoms with Crippen LogP contribution in [-0.2, 0) is 14.9 Å². The summed E-state index contributed by atoms with van der Waals surface area (Å²) in [4.78, 5) is 51.8. The zero-order valence-electron chi connectivity index (χ0n) is 23.9. The monoisotopic (exact) mass is 550 g/mol. The van der Waals surface area contributed by atoms with Gasteiger partial charge in [0, 0.05) is 36.1 Å². The number of carboxylic acid groups (broad SMARTS) is 1. The summed E-state index contributed by atoms with van der Waals surface area (Å²) in [5.74, 6) is -1.60. The summed E-state index contributed by atoms with van der Waals surface area (Å²) in [6, 6.07) is 10.4. The predicted octanol–water partition coefficient (Wildman–Crippen LogP) is 6.89. The van der Waals surface area contributed by atoms with Crippen LogP contribution >= 0.6 is 0 Å². The van der Waals surface area contributed by atoms with Gasteiger partial charge in [0.15, 0.2) is 11.3 Å². The molecule has 1 aliphatic carbocycles. The summed E-state index contributed by atoms with van der Waals surface area (Å²) in [5.41, 5.74) is 1.13. The van der Waals surface area contributed by atoms with Gasteiger partial charge in [-0.05, 0) is 80.8 Å². The molecule has 0 saturated carbocycles. The van der Waals surface area contributed by atoms with E-state index in [0.717, 1.165) is 47.9 Å². The number of ether oxygens (including phenoxy) is 1. The van der Waals surface area contributed by atoms with Crippen LogP contribution in [0.15, 0.2) is 36.4 Å².